The molecule has 1 N–H and O–H groups in total. The molecule has 0 unspecified atom stereocenters. The Morgan fingerprint density at radius 1 is 0.913 bits per heavy atom. The van der Waals surface area contributed by atoms with Gasteiger partial charge in [0.15, 0.2) is 0 Å². The van der Waals surface area contributed by atoms with Gasteiger partial charge in [-0.3, -0.25) is 9.36 Å². The summed E-state index contributed by atoms with van der Waals surface area (Å²) < 4.78 is 1.61. The highest BCUT2D eigenvalue weighted by molar-refractivity contribution is 7.20. The van der Waals surface area contributed by atoms with E-state index in [0.717, 1.165) is 27.6 Å². The Morgan fingerprint density at radius 2 is 1.61 bits per heavy atom. The molecule has 0 fully saturated rings. The molecule has 4 rings (SSSR count). The standard InChI is InChI=1S/C18H11NO3S/c20-16(11-6-2-1-3-7-11)19-14-9-5-4-8-12(14)13-10-15(18(21)22)23-17(13)19/h1-10H,(H,21,22). The van der Waals surface area contributed by atoms with Crippen molar-refractivity contribution >= 4 is 44.3 Å². The summed E-state index contributed by atoms with van der Waals surface area (Å²) in [5.41, 5.74) is 1.36. The Balaban J connectivity index is 2.06. The van der Waals surface area contributed by atoms with Gasteiger partial charge in [0.1, 0.15) is 9.71 Å². The minimum atomic E-state index is -0.978. The van der Waals surface area contributed by atoms with Crippen LogP contribution in [0, 0.1) is 0 Å². The van der Waals surface area contributed by atoms with Crippen LogP contribution in [0.15, 0.2) is 60.7 Å². The van der Waals surface area contributed by atoms with Crippen LogP contribution >= 0.6 is 11.3 Å². The molecule has 0 saturated carbocycles. The molecule has 2 aromatic heterocycles. The topological polar surface area (TPSA) is 59.3 Å². The molecule has 2 heterocycles. The van der Waals surface area contributed by atoms with Crippen LogP contribution in [0.4, 0.5) is 0 Å². The fourth-order valence-corrected chi connectivity index (χ4v) is 3.79. The largest absolute Gasteiger partial charge is 0.477 e. The molecule has 0 amide bonds. The van der Waals surface area contributed by atoms with Gasteiger partial charge in [0.2, 0.25) is 0 Å². The number of aromatic nitrogens is 1. The predicted molar refractivity (Wildman–Crippen MR) is 90.5 cm³/mol. The monoisotopic (exact) mass is 321 g/mol. The van der Waals surface area contributed by atoms with Crippen molar-refractivity contribution < 1.29 is 14.7 Å². The quantitative estimate of drug-likeness (QED) is 0.600. The van der Waals surface area contributed by atoms with Crippen molar-refractivity contribution in [1.29, 1.82) is 0 Å². The molecule has 0 radical (unpaired) electrons. The summed E-state index contributed by atoms with van der Waals surface area (Å²) in [7, 11) is 0. The third kappa shape index (κ3) is 2.05. The number of carbonyl (C=O) groups is 2. The maximum absolute atomic E-state index is 12.9. The smallest absolute Gasteiger partial charge is 0.345 e. The molecular formula is C18H11NO3S. The summed E-state index contributed by atoms with van der Waals surface area (Å²) in [5.74, 6) is -1.13. The molecule has 0 aliphatic heterocycles. The Hall–Kier alpha value is -2.92. The summed E-state index contributed by atoms with van der Waals surface area (Å²) in [6.07, 6.45) is 0. The molecule has 5 heteroatoms. The van der Waals surface area contributed by atoms with Crippen molar-refractivity contribution in [1.82, 2.24) is 4.57 Å². The minimum Gasteiger partial charge on any atom is -0.477 e. The van der Waals surface area contributed by atoms with Gasteiger partial charge in [-0.05, 0) is 24.3 Å². The predicted octanol–water partition coefficient (Wildman–Crippen LogP) is 4.24. The number of rotatable bonds is 2. The second kappa shape index (κ2) is 5.07. The maximum atomic E-state index is 12.9. The number of benzene rings is 2. The molecule has 4 aromatic rings. The number of para-hydroxylation sites is 1. The van der Waals surface area contributed by atoms with Gasteiger partial charge in [-0.1, -0.05) is 36.4 Å². The number of aromatic carboxylic acids is 1. The van der Waals surface area contributed by atoms with E-state index in [1.165, 1.54) is 0 Å². The summed E-state index contributed by atoms with van der Waals surface area (Å²) in [6.45, 7) is 0. The fourth-order valence-electron chi connectivity index (χ4n) is 2.76. The summed E-state index contributed by atoms with van der Waals surface area (Å²) >= 11 is 1.12. The first kappa shape index (κ1) is 13.7. The van der Waals surface area contributed by atoms with Crippen LogP contribution in [0.1, 0.15) is 20.0 Å². The van der Waals surface area contributed by atoms with Gasteiger partial charge in [0.05, 0.1) is 5.52 Å². The Labute approximate surface area is 135 Å². The van der Waals surface area contributed by atoms with Crippen LogP contribution in [0.5, 0.6) is 0 Å². The van der Waals surface area contributed by atoms with E-state index in [2.05, 4.69) is 0 Å². The van der Waals surface area contributed by atoms with Gasteiger partial charge in [-0.15, -0.1) is 11.3 Å². The average molecular weight is 321 g/mol. The van der Waals surface area contributed by atoms with Crippen molar-refractivity contribution in [2.24, 2.45) is 0 Å². The zero-order valence-corrected chi connectivity index (χ0v) is 12.7. The number of hydrogen-bond donors (Lipinski definition) is 1. The lowest BCUT2D eigenvalue weighted by molar-refractivity contribution is 0.0702. The molecule has 2 aromatic carbocycles. The normalized spacial score (nSPS) is 11.1. The van der Waals surface area contributed by atoms with Crippen LogP contribution in [-0.4, -0.2) is 21.6 Å². The van der Waals surface area contributed by atoms with Crippen LogP contribution < -0.4 is 0 Å². The molecule has 0 atom stereocenters. The molecule has 0 aliphatic carbocycles. The van der Waals surface area contributed by atoms with E-state index >= 15 is 0 Å². The van der Waals surface area contributed by atoms with E-state index in [9.17, 15) is 14.7 Å². The molecule has 0 bridgehead atoms. The lowest BCUT2D eigenvalue weighted by Crippen LogP contribution is -2.10. The lowest BCUT2D eigenvalue weighted by Gasteiger charge is -2.05. The number of carboxylic acid groups (broad SMARTS) is 1. The van der Waals surface area contributed by atoms with Gasteiger partial charge < -0.3 is 5.11 Å². The average Bonchev–Trinajstić information content (AvgIpc) is 3.12. The lowest BCUT2D eigenvalue weighted by atomic mass is 10.2. The highest BCUT2D eigenvalue weighted by atomic mass is 32.1. The molecular weight excluding hydrogens is 310 g/mol. The van der Waals surface area contributed by atoms with Crippen molar-refractivity contribution in [3.05, 3.63) is 71.1 Å². The van der Waals surface area contributed by atoms with Gasteiger partial charge in [0.25, 0.3) is 5.91 Å². The van der Waals surface area contributed by atoms with E-state index in [1.54, 1.807) is 22.8 Å². The Kier molecular flexibility index (Phi) is 3.02. The number of hydrogen-bond acceptors (Lipinski definition) is 3. The zero-order valence-electron chi connectivity index (χ0n) is 11.9. The SMILES string of the molecule is O=C(O)c1cc2c3ccccc3n(C(=O)c3ccccc3)c2s1. The first-order chi connectivity index (χ1) is 11.2. The first-order valence-corrected chi connectivity index (χ1v) is 7.84. The fraction of sp³-hybridized carbons (Fsp3) is 0. The van der Waals surface area contributed by atoms with Crippen molar-refractivity contribution in [2.45, 2.75) is 0 Å². The third-order valence-electron chi connectivity index (χ3n) is 3.79. The first-order valence-electron chi connectivity index (χ1n) is 7.03. The number of carbonyl (C=O) groups excluding carboxylic acids is 1. The number of carboxylic acids is 1. The van der Waals surface area contributed by atoms with Crippen LogP contribution in [0.25, 0.3) is 21.1 Å². The van der Waals surface area contributed by atoms with Gasteiger partial charge in [0, 0.05) is 16.3 Å². The second-order valence-corrected chi connectivity index (χ2v) is 6.19. The van der Waals surface area contributed by atoms with Gasteiger partial charge in [-0.25, -0.2) is 4.79 Å². The molecule has 112 valence electrons. The van der Waals surface area contributed by atoms with E-state index in [-0.39, 0.29) is 10.8 Å². The van der Waals surface area contributed by atoms with E-state index in [0.29, 0.717) is 10.4 Å². The minimum absolute atomic E-state index is 0.157. The Morgan fingerprint density at radius 3 is 2.35 bits per heavy atom. The van der Waals surface area contributed by atoms with Gasteiger partial charge in [-0.2, -0.15) is 0 Å². The number of nitrogens with zero attached hydrogens (tertiary/aromatic N) is 1. The van der Waals surface area contributed by atoms with E-state index < -0.39 is 5.97 Å². The van der Waals surface area contributed by atoms with Crippen LogP contribution in [0.3, 0.4) is 0 Å². The van der Waals surface area contributed by atoms with Crippen LogP contribution in [0.2, 0.25) is 0 Å². The number of thiophene rings is 1. The number of fused-ring (bicyclic) bond motifs is 3. The maximum Gasteiger partial charge on any atom is 0.345 e. The van der Waals surface area contributed by atoms with Crippen molar-refractivity contribution in [3.8, 4) is 0 Å². The molecule has 4 nitrogen and oxygen atoms in total. The van der Waals surface area contributed by atoms with E-state index in [4.69, 9.17) is 0 Å². The summed E-state index contributed by atoms with van der Waals surface area (Å²) in [4.78, 5) is 25.1. The summed E-state index contributed by atoms with van der Waals surface area (Å²) in [5, 5.41) is 10.9. The molecule has 0 saturated heterocycles. The van der Waals surface area contributed by atoms with Crippen molar-refractivity contribution in [3.63, 3.8) is 0 Å². The highest BCUT2D eigenvalue weighted by Crippen LogP contribution is 2.35. The summed E-state index contributed by atoms with van der Waals surface area (Å²) in [6, 6.07) is 18.2. The van der Waals surface area contributed by atoms with Crippen LogP contribution in [-0.2, 0) is 0 Å². The van der Waals surface area contributed by atoms with E-state index in [1.807, 2.05) is 42.5 Å². The molecule has 0 spiro atoms. The van der Waals surface area contributed by atoms with Crippen molar-refractivity contribution in [2.75, 3.05) is 0 Å². The molecule has 23 heavy (non-hydrogen) atoms. The van der Waals surface area contributed by atoms with Gasteiger partial charge >= 0.3 is 5.97 Å². The zero-order chi connectivity index (χ0) is 16.0. The highest BCUT2D eigenvalue weighted by Gasteiger charge is 2.21. The second-order valence-electron chi connectivity index (χ2n) is 5.16. The Bertz CT molecular complexity index is 1060. The molecule has 0 aliphatic rings. The third-order valence-corrected chi connectivity index (χ3v) is 4.89.